The van der Waals surface area contributed by atoms with Crippen LogP contribution in [-0.4, -0.2) is 10.9 Å². The summed E-state index contributed by atoms with van der Waals surface area (Å²) in [6.07, 6.45) is 5.72. The van der Waals surface area contributed by atoms with Gasteiger partial charge in [0.05, 0.1) is 11.9 Å². The summed E-state index contributed by atoms with van der Waals surface area (Å²) in [6.45, 7) is 1.95. The number of hydrogen-bond acceptors (Lipinski definition) is 2. The van der Waals surface area contributed by atoms with E-state index >= 15 is 0 Å². The van der Waals surface area contributed by atoms with Crippen molar-refractivity contribution in [3.05, 3.63) is 23.0 Å². The van der Waals surface area contributed by atoms with E-state index in [9.17, 15) is 4.79 Å². The number of carbonyl (C=O) groups excluding carboxylic acids is 1. The minimum Gasteiger partial charge on any atom is -0.324 e. The summed E-state index contributed by atoms with van der Waals surface area (Å²) in [5.41, 5.74) is 1.77. The van der Waals surface area contributed by atoms with Gasteiger partial charge in [-0.1, -0.05) is 11.6 Å². The average molecular weight is 277 g/mol. The van der Waals surface area contributed by atoms with Crippen LogP contribution in [0.5, 0.6) is 0 Å². The fraction of sp³-hybridized carbons (Fsp3) is 0.600. The molecule has 19 heavy (non-hydrogen) atoms. The average Bonchev–Trinajstić information content (AvgIpc) is 2.82. The van der Waals surface area contributed by atoms with E-state index in [1.165, 1.54) is 19.3 Å². The highest BCUT2D eigenvalue weighted by molar-refractivity contribution is 6.29. The first-order chi connectivity index (χ1) is 9.15. The number of aryl methyl sites for hydroxylation is 1. The van der Waals surface area contributed by atoms with Crippen LogP contribution >= 0.6 is 11.6 Å². The number of aromatic nitrogens is 1. The van der Waals surface area contributed by atoms with Gasteiger partial charge in [-0.15, -0.1) is 0 Å². The third-order valence-electron chi connectivity index (χ3n) is 5.37. The Labute approximate surface area is 117 Å². The molecule has 1 aromatic rings. The first kappa shape index (κ1) is 11.7. The second kappa shape index (κ2) is 3.95. The first-order valence-corrected chi connectivity index (χ1v) is 7.46. The van der Waals surface area contributed by atoms with Gasteiger partial charge in [-0.2, -0.15) is 0 Å². The number of carbonyl (C=O) groups is 1. The van der Waals surface area contributed by atoms with E-state index in [-0.39, 0.29) is 11.8 Å². The molecule has 3 fully saturated rings. The van der Waals surface area contributed by atoms with Crippen LogP contribution in [0.3, 0.4) is 0 Å². The number of nitrogens with zero attached hydrogens (tertiary/aromatic N) is 1. The van der Waals surface area contributed by atoms with Gasteiger partial charge in [0, 0.05) is 5.92 Å². The minimum absolute atomic E-state index is 0.193. The smallest absolute Gasteiger partial charge is 0.228 e. The molecule has 4 heteroatoms. The highest BCUT2D eigenvalue weighted by atomic mass is 35.5. The predicted molar refractivity (Wildman–Crippen MR) is 73.9 cm³/mol. The zero-order chi connectivity index (χ0) is 13.1. The van der Waals surface area contributed by atoms with Crippen molar-refractivity contribution in [1.29, 1.82) is 0 Å². The van der Waals surface area contributed by atoms with Crippen LogP contribution in [0.15, 0.2) is 12.3 Å². The highest BCUT2D eigenvalue weighted by Crippen LogP contribution is 2.69. The van der Waals surface area contributed by atoms with Crippen molar-refractivity contribution in [3.8, 4) is 0 Å². The molecule has 0 aromatic carbocycles. The molecule has 0 aliphatic heterocycles. The van der Waals surface area contributed by atoms with E-state index in [2.05, 4.69) is 10.3 Å². The summed E-state index contributed by atoms with van der Waals surface area (Å²) in [7, 11) is 0. The van der Waals surface area contributed by atoms with Crippen molar-refractivity contribution in [2.24, 2.45) is 29.6 Å². The Bertz CT molecular complexity index is 543. The minimum atomic E-state index is 0.193. The lowest BCUT2D eigenvalue weighted by Gasteiger charge is -2.11. The van der Waals surface area contributed by atoms with Crippen LogP contribution in [0.25, 0.3) is 0 Å². The summed E-state index contributed by atoms with van der Waals surface area (Å²) in [6, 6.07) is 1.79. The van der Waals surface area contributed by atoms with Gasteiger partial charge in [-0.3, -0.25) is 4.79 Å². The summed E-state index contributed by atoms with van der Waals surface area (Å²) < 4.78 is 0. The van der Waals surface area contributed by atoms with Gasteiger partial charge >= 0.3 is 0 Å². The molecule has 0 radical (unpaired) electrons. The lowest BCUT2D eigenvalue weighted by molar-refractivity contribution is -0.118. The summed E-state index contributed by atoms with van der Waals surface area (Å²) in [4.78, 5) is 16.4. The van der Waals surface area contributed by atoms with E-state index < -0.39 is 0 Å². The molecule has 1 aromatic heterocycles. The van der Waals surface area contributed by atoms with E-state index in [1.54, 1.807) is 12.3 Å². The highest BCUT2D eigenvalue weighted by Gasteiger charge is 2.67. The molecule has 1 amide bonds. The van der Waals surface area contributed by atoms with Gasteiger partial charge in [-0.25, -0.2) is 4.98 Å². The third-order valence-corrected chi connectivity index (χ3v) is 5.58. The SMILES string of the molecule is Cc1cc(Cl)ncc1NC(=O)C1C2C3CCC(C3)C12. The van der Waals surface area contributed by atoms with E-state index in [0.29, 0.717) is 17.0 Å². The zero-order valence-electron chi connectivity index (χ0n) is 10.9. The maximum atomic E-state index is 12.4. The molecular formula is C15H17ClN2O. The Hall–Kier alpha value is -1.09. The Kier molecular flexibility index (Phi) is 2.44. The number of pyridine rings is 1. The van der Waals surface area contributed by atoms with Crippen molar-refractivity contribution >= 4 is 23.2 Å². The fourth-order valence-electron chi connectivity index (χ4n) is 4.54. The molecule has 3 saturated carbocycles. The van der Waals surface area contributed by atoms with Gasteiger partial charge in [0.15, 0.2) is 0 Å². The topological polar surface area (TPSA) is 42.0 Å². The van der Waals surface area contributed by atoms with E-state index in [0.717, 1.165) is 23.1 Å². The third kappa shape index (κ3) is 1.71. The number of nitrogens with one attached hydrogen (secondary N) is 1. The van der Waals surface area contributed by atoms with Gasteiger partial charge < -0.3 is 5.32 Å². The number of amides is 1. The summed E-state index contributed by atoms with van der Waals surface area (Å²) in [5, 5.41) is 3.51. The van der Waals surface area contributed by atoms with Gasteiger partial charge in [-0.05, 0) is 61.5 Å². The molecule has 4 atom stereocenters. The first-order valence-electron chi connectivity index (χ1n) is 7.08. The molecule has 4 rings (SSSR count). The predicted octanol–water partition coefficient (Wildman–Crippen LogP) is 3.27. The van der Waals surface area contributed by atoms with E-state index in [4.69, 9.17) is 11.6 Å². The van der Waals surface area contributed by atoms with Crippen LogP contribution in [0.2, 0.25) is 5.15 Å². The largest absolute Gasteiger partial charge is 0.324 e. The number of halogens is 1. The van der Waals surface area contributed by atoms with Crippen molar-refractivity contribution in [2.45, 2.75) is 26.2 Å². The molecule has 3 nitrogen and oxygen atoms in total. The fourth-order valence-corrected chi connectivity index (χ4v) is 4.76. The summed E-state index contributed by atoms with van der Waals surface area (Å²) >= 11 is 5.83. The van der Waals surface area contributed by atoms with Crippen LogP contribution in [0, 0.1) is 36.5 Å². The number of anilines is 1. The van der Waals surface area contributed by atoms with Gasteiger partial charge in [0.1, 0.15) is 5.15 Å². The van der Waals surface area contributed by atoms with Crippen molar-refractivity contribution in [1.82, 2.24) is 4.98 Å². The number of hydrogen-bond donors (Lipinski definition) is 1. The molecule has 2 bridgehead atoms. The molecule has 1 heterocycles. The van der Waals surface area contributed by atoms with Gasteiger partial charge in [0.2, 0.25) is 5.91 Å². The van der Waals surface area contributed by atoms with Crippen molar-refractivity contribution in [3.63, 3.8) is 0 Å². The Morgan fingerprint density at radius 1 is 1.37 bits per heavy atom. The lowest BCUT2D eigenvalue weighted by Crippen LogP contribution is -2.19. The maximum Gasteiger partial charge on any atom is 0.228 e. The Balaban J connectivity index is 1.48. The van der Waals surface area contributed by atoms with Crippen LogP contribution in [-0.2, 0) is 4.79 Å². The number of fused-ring (bicyclic) bond motifs is 5. The molecule has 0 spiro atoms. The second-order valence-corrected chi connectivity index (χ2v) is 6.71. The molecule has 3 aliphatic carbocycles. The molecule has 4 unspecified atom stereocenters. The number of rotatable bonds is 2. The van der Waals surface area contributed by atoms with Crippen LogP contribution in [0.4, 0.5) is 5.69 Å². The van der Waals surface area contributed by atoms with Crippen LogP contribution < -0.4 is 5.32 Å². The Morgan fingerprint density at radius 2 is 2.05 bits per heavy atom. The zero-order valence-corrected chi connectivity index (χ0v) is 11.7. The standard InChI is InChI=1S/C15H17ClN2O/c1-7-4-11(16)17-6-10(7)18-15(19)14-12-8-2-3-9(5-8)13(12)14/h4,6,8-9,12-14H,2-3,5H2,1H3,(H,18,19). The molecular weight excluding hydrogens is 260 g/mol. The molecule has 0 saturated heterocycles. The summed E-state index contributed by atoms with van der Waals surface area (Å²) in [5.74, 6) is 3.48. The Morgan fingerprint density at radius 3 is 2.68 bits per heavy atom. The maximum absolute atomic E-state index is 12.4. The van der Waals surface area contributed by atoms with Crippen molar-refractivity contribution in [2.75, 3.05) is 5.32 Å². The van der Waals surface area contributed by atoms with Crippen LogP contribution in [0.1, 0.15) is 24.8 Å². The molecule has 100 valence electrons. The van der Waals surface area contributed by atoms with E-state index in [1.807, 2.05) is 6.92 Å². The lowest BCUT2D eigenvalue weighted by atomic mass is 10.0. The second-order valence-electron chi connectivity index (χ2n) is 6.32. The van der Waals surface area contributed by atoms with Crippen molar-refractivity contribution < 1.29 is 4.79 Å². The molecule has 1 N–H and O–H groups in total. The normalized spacial score (nSPS) is 38.1. The quantitative estimate of drug-likeness (QED) is 0.843. The van der Waals surface area contributed by atoms with Gasteiger partial charge in [0.25, 0.3) is 0 Å². The molecule has 3 aliphatic rings. The monoisotopic (exact) mass is 276 g/mol.